The molecule has 3 aromatic rings. The summed E-state index contributed by atoms with van der Waals surface area (Å²) in [5.74, 6) is -1.65. The van der Waals surface area contributed by atoms with Gasteiger partial charge in [0.05, 0.1) is 24.9 Å². The number of carboxylic acid groups (broad SMARTS) is 2. The third kappa shape index (κ3) is 5.92. The molecule has 1 atom stereocenters. The zero-order chi connectivity index (χ0) is 26.5. The van der Waals surface area contributed by atoms with Gasteiger partial charge in [-0.15, -0.1) is 0 Å². The average molecular weight is 505 g/mol. The first-order chi connectivity index (χ1) is 17.8. The molecule has 2 aromatic carbocycles. The first-order valence-corrected chi connectivity index (χ1v) is 11.8. The molecule has 3 N–H and O–H groups in total. The van der Waals surface area contributed by atoms with Gasteiger partial charge >= 0.3 is 11.9 Å². The molecule has 0 spiro atoms. The molecule has 0 saturated heterocycles. The van der Waals surface area contributed by atoms with Gasteiger partial charge in [0.2, 0.25) is 0 Å². The Balaban J connectivity index is 1.51. The SMILES string of the molecule is COc1cccc(CNC(=O)c2cc(CN(CC(=O)O)C3CCc4c3ccc(C(=O)O)c4C)ncn2)c1. The number of fused-ring (bicyclic) bond motifs is 1. The fourth-order valence-corrected chi connectivity index (χ4v) is 4.79. The summed E-state index contributed by atoms with van der Waals surface area (Å²) in [7, 11) is 1.58. The van der Waals surface area contributed by atoms with Crippen LogP contribution in [0.4, 0.5) is 0 Å². The molecule has 10 heteroatoms. The second kappa shape index (κ2) is 11.2. The third-order valence-electron chi connectivity index (χ3n) is 6.58. The summed E-state index contributed by atoms with van der Waals surface area (Å²) in [6.45, 7) is 2.03. The van der Waals surface area contributed by atoms with Crippen LogP contribution in [0.15, 0.2) is 48.8 Å². The number of carboxylic acids is 2. The number of carbonyl (C=O) groups excluding carboxylic acids is 1. The van der Waals surface area contributed by atoms with Gasteiger partial charge in [0.25, 0.3) is 5.91 Å². The molecular formula is C27H28N4O6. The number of nitrogens with zero attached hydrogens (tertiary/aromatic N) is 3. The topological polar surface area (TPSA) is 142 Å². The van der Waals surface area contributed by atoms with Gasteiger partial charge in [0, 0.05) is 19.1 Å². The van der Waals surface area contributed by atoms with Crippen molar-refractivity contribution in [2.45, 2.75) is 38.9 Å². The number of hydrogen-bond donors (Lipinski definition) is 3. The zero-order valence-corrected chi connectivity index (χ0v) is 20.6. The smallest absolute Gasteiger partial charge is 0.335 e. The summed E-state index contributed by atoms with van der Waals surface area (Å²) >= 11 is 0. The van der Waals surface area contributed by atoms with Crippen molar-refractivity contribution in [2.75, 3.05) is 13.7 Å². The molecule has 1 aromatic heterocycles. The fraction of sp³-hybridized carbons (Fsp3) is 0.296. The van der Waals surface area contributed by atoms with E-state index in [1.807, 2.05) is 24.3 Å². The first-order valence-electron chi connectivity index (χ1n) is 11.8. The highest BCUT2D eigenvalue weighted by molar-refractivity contribution is 5.92. The van der Waals surface area contributed by atoms with Crippen molar-refractivity contribution in [1.29, 1.82) is 0 Å². The number of ether oxygens (including phenoxy) is 1. The molecule has 0 radical (unpaired) electrons. The molecule has 4 rings (SSSR count). The molecule has 37 heavy (non-hydrogen) atoms. The maximum absolute atomic E-state index is 12.7. The number of benzene rings is 2. The molecule has 1 aliphatic carbocycles. The lowest BCUT2D eigenvalue weighted by Crippen LogP contribution is -2.33. The van der Waals surface area contributed by atoms with E-state index in [2.05, 4.69) is 15.3 Å². The molecule has 1 amide bonds. The van der Waals surface area contributed by atoms with Crippen LogP contribution in [0.1, 0.15) is 61.3 Å². The van der Waals surface area contributed by atoms with Gasteiger partial charge in [0.1, 0.15) is 17.8 Å². The molecule has 0 saturated carbocycles. The monoisotopic (exact) mass is 504 g/mol. The standard InChI is InChI=1S/C27H28N4O6/c1-16-20-8-9-24(22(20)7-6-21(16)27(35)36)31(14-25(32)33)13-18-11-23(30-15-29-18)26(34)28-12-17-4-3-5-19(10-17)37-2/h3-7,10-11,15,24H,8-9,12-14H2,1-2H3,(H,28,34)(H,32,33)(H,35,36). The van der Waals surface area contributed by atoms with E-state index in [0.29, 0.717) is 29.8 Å². The lowest BCUT2D eigenvalue weighted by atomic mass is 9.97. The van der Waals surface area contributed by atoms with Gasteiger partial charge < -0.3 is 20.3 Å². The zero-order valence-electron chi connectivity index (χ0n) is 20.6. The Bertz CT molecular complexity index is 1340. The lowest BCUT2D eigenvalue weighted by Gasteiger charge is -2.28. The largest absolute Gasteiger partial charge is 0.497 e. The fourth-order valence-electron chi connectivity index (χ4n) is 4.79. The van der Waals surface area contributed by atoms with Crippen molar-refractivity contribution in [3.63, 3.8) is 0 Å². The van der Waals surface area contributed by atoms with Crippen LogP contribution in [0.5, 0.6) is 5.75 Å². The summed E-state index contributed by atoms with van der Waals surface area (Å²) in [5, 5.41) is 21.8. The van der Waals surface area contributed by atoms with E-state index in [4.69, 9.17) is 4.74 Å². The Morgan fingerprint density at radius 3 is 2.68 bits per heavy atom. The Labute approximate surface area is 213 Å². The second-order valence-corrected chi connectivity index (χ2v) is 8.89. The van der Waals surface area contributed by atoms with Crippen LogP contribution in [0.3, 0.4) is 0 Å². The predicted molar refractivity (Wildman–Crippen MR) is 133 cm³/mol. The number of nitrogens with one attached hydrogen (secondary N) is 1. The Morgan fingerprint density at radius 1 is 1.14 bits per heavy atom. The van der Waals surface area contributed by atoms with E-state index in [1.165, 1.54) is 6.33 Å². The van der Waals surface area contributed by atoms with Crippen molar-refractivity contribution in [1.82, 2.24) is 20.2 Å². The normalized spacial score (nSPS) is 14.3. The number of rotatable bonds is 10. The molecule has 192 valence electrons. The van der Waals surface area contributed by atoms with Crippen LogP contribution in [-0.2, 0) is 24.3 Å². The van der Waals surface area contributed by atoms with Gasteiger partial charge in [-0.3, -0.25) is 14.5 Å². The number of aromatic carboxylic acids is 1. The summed E-state index contributed by atoms with van der Waals surface area (Å²) in [4.78, 5) is 46.1. The molecule has 10 nitrogen and oxygen atoms in total. The first kappa shape index (κ1) is 25.8. The highest BCUT2D eigenvalue weighted by Crippen LogP contribution is 2.39. The summed E-state index contributed by atoms with van der Waals surface area (Å²) < 4.78 is 5.21. The minimum absolute atomic E-state index is 0.178. The number of methoxy groups -OCH3 is 1. The van der Waals surface area contributed by atoms with Gasteiger partial charge in [-0.2, -0.15) is 0 Å². The third-order valence-corrected chi connectivity index (χ3v) is 6.58. The summed E-state index contributed by atoms with van der Waals surface area (Å²) in [6, 6.07) is 12.1. The molecule has 0 aliphatic heterocycles. The number of hydrogen-bond acceptors (Lipinski definition) is 7. The predicted octanol–water partition coefficient (Wildman–Crippen LogP) is 3.00. The van der Waals surface area contributed by atoms with Crippen molar-refractivity contribution >= 4 is 17.8 Å². The van der Waals surface area contributed by atoms with Crippen molar-refractivity contribution < 1.29 is 29.3 Å². The van der Waals surface area contributed by atoms with Crippen molar-refractivity contribution in [3.8, 4) is 5.75 Å². The number of aromatic nitrogens is 2. The molecule has 0 bridgehead atoms. The Morgan fingerprint density at radius 2 is 1.95 bits per heavy atom. The van der Waals surface area contributed by atoms with Gasteiger partial charge in [-0.05, 0) is 66.3 Å². The molecule has 1 unspecified atom stereocenters. The van der Waals surface area contributed by atoms with E-state index in [0.717, 1.165) is 16.7 Å². The van der Waals surface area contributed by atoms with Crippen LogP contribution in [0, 0.1) is 6.92 Å². The van der Waals surface area contributed by atoms with E-state index in [9.17, 15) is 24.6 Å². The maximum Gasteiger partial charge on any atom is 0.335 e. The van der Waals surface area contributed by atoms with Crippen LogP contribution >= 0.6 is 0 Å². The highest BCUT2D eigenvalue weighted by Gasteiger charge is 2.32. The van der Waals surface area contributed by atoms with Gasteiger partial charge in [-0.25, -0.2) is 14.8 Å². The van der Waals surface area contributed by atoms with Crippen LogP contribution in [0.2, 0.25) is 0 Å². The van der Waals surface area contributed by atoms with E-state index >= 15 is 0 Å². The van der Waals surface area contributed by atoms with Crippen LogP contribution in [-0.4, -0.2) is 56.6 Å². The molecule has 1 heterocycles. The Hall–Kier alpha value is -4.31. The lowest BCUT2D eigenvalue weighted by molar-refractivity contribution is -0.139. The van der Waals surface area contributed by atoms with Crippen LogP contribution < -0.4 is 10.1 Å². The maximum atomic E-state index is 12.7. The average Bonchev–Trinajstić information content (AvgIpc) is 3.32. The molecular weight excluding hydrogens is 476 g/mol. The second-order valence-electron chi connectivity index (χ2n) is 8.89. The quantitative estimate of drug-likeness (QED) is 0.380. The van der Waals surface area contributed by atoms with Gasteiger partial charge in [-0.1, -0.05) is 18.2 Å². The number of amides is 1. The Kier molecular flexibility index (Phi) is 7.78. The van der Waals surface area contributed by atoms with Crippen molar-refractivity contribution in [2.24, 2.45) is 0 Å². The number of aliphatic carboxylic acids is 1. The van der Waals surface area contributed by atoms with E-state index < -0.39 is 11.9 Å². The summed E-state index contributed by atoms with van der Waals surface area (Å²) in [6.07, 6.45) is 2.61. The number of carbonyl (C=O) groups is 3. The molecule has 1 aliphatic rings. The van der Waals surface area contributed by atoms with E-state index in [1.54, 1.807) is 37.1 Å². The minimum atomic E-state index is -0.988. The van der Waals surface area contributed by atoms with Crippen LogP contribution in [0.25, 0.3) is 0 Å². The van der Waals surface area contributed by atoms with Crippen molar-refractivity contribution in [3.05, 3.63) is 88.0 Å². The van der Waals surface area contributed by atoms with Gasteiger partial charge in [0.15, 0.2) is 0 Å². The van der Waals surface area contributed by atoms with E-state index in [-0.39, 0.29) is 42.8 Å². The summed E-state index contributed by atoms with van der Waals surface area (Å²) in [5.41, 5.74) is 4.39. The minimum Gasteiger partial charge on any atom is -0.497 e. The highest BCUT2D eigenvalue weighted by atomic mass is 16.5. The molecule has 0 fully saturated rings.